The lowest BCUT2D eigenvalue weighted by Crippen LogP contribution is -2.25. The first-order valence-electron chi connectivity index (χ1n) is 5.49. The monoisotopic (exact) mass is 283 g/mol. The summed E-state index contributed by atoms with van der Waals surface area (Å²) < 4.78 is 26.0. The number of carboxylic acids is 1. The van der Waals surface area contributed by atoms with Crippen LogP contribution in [0.2, 0.25) is 0 Å². The molecule has 0 bridgehead atoms. The van der Waals surface area contributed by atoms with Crippen LogP contribution in [0.1, 0.15) is 10.4 Å². The summed E-state index contributed by atoms with van der Waals surface area (Å²) in [5, 5.41) is 8.87. The molecule has 1 aromatic heterocycles. The first-order chi connectivity index (χ1) is 8.87. The zero-order valence-electron chi connectivity index (χ0n) is 10.2. The van der Waals surface area contributed by atoms with E-state index < -0.39 is 16.0 Å². The van der Waals surface area contributed by atoms with Gasteiger partial charge in [0.2, 0.25) is 10.0 Å². The van der Waals surface area contributed by atoms with E-state index in [0.29, 0.717) is 12.1 Å². The second-order valence-electron chi connectivity index (χ2n) is 4.11. The molecule has 0 saturated heterocycles. The summed E-state index contributed by atoms with van der Waals surface area (Å²) in [5.41, 5.74) is 1.51. The highest BCUT2D eigenvalue weighted by atomic mass is 32.2. The van der Waals surface area contributed by atoms with Gasteiger partial charge in [-0.05, 0) is 18.2 Å². The predicted octanol–water partition coefficient (Wildman–Crippen LogP) is 0.284. The van der Waals surface area contributed by atoms with Crippen molar-refractivity contribution in [2.75, 3.05) is 12.8 Å². The highest BCUT2D eigenvalue weighted by Gasteiger charge is 2.08. The Morgan fingerprint density at radius 3 is 2.84 bits per heavy atom. The molecule has 102 valence electrons. The van der Waals surface area contributed by atoms with Crippen LogP contribution in [0.3, 0.4) is 0 Å². The molecule has 0 amide bonds. The number of carbonyl (C=O) groups is 1. The second-order valence-corrected chi connectivity index (χ2v) is 5.95. The Morgan fingerprint density at radius 1 is 1.47 bits per heavy atom. The van der Waals surface area contributed by atoms with Crippen molar-refractivity contribution < 1.29 is 18.3 Å². The molecule has 7 nitrogen and oxygen atoms in total. The Labute approximate surface area is 109 Å². The first kappa shape index (κ1) is 13.5. The van der Waals surface area contributed by atoms with Gasteiger partial charge in [-0.25, -0.2) is 22.9 Å². The quantitative estimate of drug-likeness (QED) is 0.821. The molecule has 8 heteroatoms. The fourth-order valence-electron chi connectivity index (χ4n) is 1.73. The smallest absolute Gasteiger partial charge is 0.335 e. The van der Waals surface area contributed by atoms with Crippen LogP contribution < -0.4 is 4.72 Å². The molecule has 0 unspecified atom stereocenters. The highest BCUT2D eigenvalue weighted by molar-refractivity contribution is 7.88. The van der Waals surface area contributed by atoms with Gasteiger partial charge in [-0.3, -0.25) is 0 Å². The third kappa shape index (κ3) is 3.30. The minimum absolute atomic E-state index is 0.173. The summed E-state index contributed by atoms with van der Waals surface area (Å²) in [6.07, 6.45) is 2.65. The number of fused-ring (bicyclic) bond motifs is 1. The van der Waals surface area contributed by atoms with Crippen molar-refractivity contribution in [2.24, 2.45) is 0 Å². The van der Waals surface area contributed by atoms with Crippen LogP contribution in [0, 0.1) is 0 Å². The number of rotatable bonds is 5. The molecular formula is C11H13N3O4S. The van der Waals surface area contributed by atoms with Crippen molar-refractivity contribution in [3.63, 3.8) is 0 Å². The van der Waals surface area contributed by atoms with Crippen LogP contribution in [0.4, 0.5) is 0 Å². The average Bonchev–Trinajstić information content (AvgIpc) is 2.70. The number of nitrogens with one attached hydrogen (secondary N) is 1. The van der Waals surface area contributed by atoms with Crippen LogP contribution >= 0.6 is 0 Å². The molecule has 0 radical (unpaired) electrons. The van der Waals surface area contributed by atoms with Gasteiger partial charge in [-0.15, -0.1) is 0 Å². The van der Waals surface area contributed by atoms with Crippen LogP contribution in [-0.4, -0.2) is 41.8 Å². The van der Waals surface area contributed by atoms with Crippen molar-refractivity contribution in [3.8, 4) is 0 Å². The van der Waals surface area contributed by atoms with Gasteiger partial charge in [0, 0.05) is 13.1 Å². The lowest BCUT2D eigenvalue weighted by Gasteiger charge is -2.05. The lowest BCUT2D eigenvalue weighted by atomic mass is 10.2. The van der Waals surface area contributed by atoms with Gasteiger partial charge in [-0.1, -0.05) is 0 Å². The van der Waals surface area contributed by atoms with Gasteiger partial charge < -0.3 is 9.67 Å². The minimum Gasteiger partial charge on any atom is -0.478 e. The molecule has 19 heavy (non-hydrogen) atoms. The average molecular weight is 283 g/mol. The van der Waals surface area contributed by atoms with Gasteiger partial charge in [-0.2, -0.15) is 0 Å². The molecule has 2 aromatic rings. The number of imidazole rings is 1. The summed E-state index contributed by atoms with van der Waals surface area (Å²) >= 11 is 0. The van der Waals surface area contributed by atoms with Gasteiger partial charge in [0.15, 0.2) is 0 Å². The number of hydrogen-bond acceptors (Lipinski definition) is 4. The number of nitrogens with zero attached hydrogens (tertiary/aromatic N) is 2. The number of hydrogen-bond donors (Lipinski definition) is 2. The van der Waals surface area contributed by atoms with Crippen molar-refractivity contribution in [3.05, 3.63) is 30.1 Å². The normalized spacial score (nSPS) is 11.8. The topological polar surface area (TPSA) is 101 Å². The van der Waals surface area contributed by atoms with E-state index in [2.05, 4.69) is 9.71 Å². The summed E-state index contributed by atoms with van der Waals surface area (Å²) in [5.74, 6) is -1.00. The number of aromatic carboxylic acids is 1. The van der Waals surface area contributed by atoms with Crippen LogP contribution in [-0.2, 0) is 16.6 Å². The number of carboxylic acid groups (broad SMARTS) is 1. The van der Waals surface area contributed by atoms with E-state index in [-0.39, 0.29) is 12.1 Å². The Kier molecular flexibility index (Phi) is 3.54. The van der Waals surface area contributed by atoms with Crippen LogP contribution in [0.5, 0.6) is 0 Å². The van der Waals surface area contributed by atoms with E-state index in [4.69, 9.17) is 5.11 Å². The largest absolute Gasteiger partial charge is 0.478 e. The molecule has 0 aliphatic carbocycles. The maximum Gasteiger partial charge on any atom is 0.335 e. The molecule has 0 saturated carbocycles. The van der Waals surface area contributed by atoms with Crippen molar-refractivity contribution in [1.29, 1.82) is 0 Å². The third-order valence-corrected chi connectivity index (χ3v) is 3.31. The fourth-order valence-corrected chi connectivity index (χ4v) is 2.19. The Bertz CT molecular complexity index is 721. The maximum absolute atomic E-state index is 10.9. The van der Waals surface area contributed by atoms with Gasteiger partial charge in [0.1, 0.15) is 0 Å². The summed E-state index contributed by atoms with van der Waals surface area (Å²) in [7, 11) is -3.21. The zero-order valence-corrected chi connectivity index (χ0v) is 11.0. The molecule has 2 N–H and O–H groups in total. The Morgan fingerprint density at radius 2 is 2.21 bits per heavy atom. The zero-order chi connectivity index (χ0) is 14.0. The maximum atomic E-state index is 10.9. The van der Waals surface area contributed by atoms with E-state index in [1.807, 2.05) is 0 Å². The van der Waals surface area contributed by atoms with E-state index in [0.717, 1.165) is 11.8 Å². The first-order valence-corrected chi connectivity index (χ1v) is 7.39. The predicted molar refractivity (Wildman–Crippen MR) is 69.5 cm³/mol. The summed E-state index contributed by atoms with van der Waals surface area (Å²) in [4.78, 5) is 14.9. The number of aromatic nitrogens is 2. The molecule has 0 atom stereocenters. The number of sulfonamides is 1. The number of benzene rings is 1. The standard InChI is InChI=1S/C11H13N3O4S/c1-19(17,18)13-4-5-14-7-12-9-6-8(11(15)16)2-3-10(9)14/h2-3,6-7,13H,4-5H2,1H3,(H,15,16). The van der Waals surface area contributed by atoms with Gasteiger partial charge in [0.25, 0.3) is 0 Å². The van der Waals surface area contributed by atoms with E-state index in [9.17, 15) is 13.2 Å². The molecule has 0 fully saturated rings. The van der Waals surface area contributed by atoms with Gasteiger partial charge in [0.05, 0.1) is 29.2 Å². The second kappa shape index (κ2) is 4.98. The molecule has 2 rings (SSSR count). The minimum atomic E-state index is -3.21. The van der Waals surface area contributed by atoms with Crippen molar-refractivity contribution in [1.82, 2.24) is 14.3 Å². The van der Waals surface area contributed by atoms with Gasteiger partial charge >= 0.3 is 5.97 Å². The Hall–Kier alpha value is -1.93. The van der Waals surface area contributed by atoms with E-state index in [1.54, 1.807) is 17.0 Å². The Balaban J connectivity index is 2.19. The third-order valence-electron chi connectivity index (χ3n) is 2.58. The molecule has 0 aliphatic heterocycles. The van der Waals surface area contributed by atoms with Crippen LogP contribution in [0.15, 0.2) is 24.5 Å². The summed E-state index contributed by atoms with van der Waals surface area (Å²) in [6.45, 7) is 0.682. The molecule has 1 aromatic carbocycles. The van der Waals surface area contributed by atoms with Crippen molar-refractivity contribution >= 4 is 27.0 Å². The lowest BCUT2D eigenvalue weighted by molar-refractivity contribution is 0.0697. The fraction of sp³-hybridized carbons (Fsp3) is 0.273. The summed E-state index contributed by atoms with van der Waals surface area (Å²) in [6, 6.07) is 4.64. The van der Waals surface area contributed by atoms with E-state index in [1.165, 1.54) is 12.1 Å². The van der Waals surface area contributed by atoms with Crippen LogP contribution in [0.25, 0.3) is 11.0 Å². The SMILES string of the molecule is CS(=O)(=O)NCCn1cnc2cc(C(=O)O)ccc21. The van der Waals surface area contributed by atoms with Crippen molar-refractivity contribution in [2.45, 2.75) is 6.54 Å². The highest BCUT2D eigenvalue weighted by Crippen LogP contribution is 2.14. The molecular weight excluding hydrogens is 270 g/mol. The molecule has 1 heterocycles. The molecule has 0 aliphatic rings. The molecule has 0 spiro atoms. The van der Waals surface area contributed by atoms with E-state index >= 15 is 0 Å².